The van der Waals surface area contributed by atoms with Crippen molar-refractivity contribution in [1.82, 2.24) is 9.38 Å². The Balaban J connectivity index is 2.87. The zero-order valence-electron chi connectivity index (χ0n) is 6.41. The third-order valence-corrected chi connectivity index (χ3v) is 2.45. The van der Waals surface area contributed by atoms with Gasteiger partial charge in [-0.3, -0.25) is 4.40 Å². The van der Waals surface area contributed by atoms with Crippen molar-refractivity contribution in [2.75, 3.05) is 0 Å². The van der Waals surface area contributed by atoms with Crippen molar-refractivity contribution in [2.45, 2.75) is 5.03 Å². The standard InChI is InChI=1S/C7H6N2O3S/c10-13(11,12)7-5-8-6-3-1-2-4-9(6)7/h1-5H,(H,10,11,12)/p-1. The van der Waals surface area contributed by atoms with Gasteiger partial charge in [-0.2, -0.15) is 0 Å². The summed E-state index contributed by atoms with van der Waals surface area (Å²) in [5, 5.41) is -0.330. The van der Waals surface area contributed by atoms with Crippen LogP contribution in [0.25, 0.3) is 5.65 Å². The molecule has 2 rings (SSSR count). The molecule has 0 unspecified atom stereocenters. The first kappa shape index (κ1) is 8.21. The van der Waals surface area contributed by atoms with Crippen LogP contribution >= 0.6 is 0 Å². The quantitative estimate of drug-likeness (QED) is 0.613. The van der Waals surface area contributed by atoms with Gasteiger partial charge in [-0.15, -0.1) is 0 Å². The third-order valence-electron chi connectivity index (χ3n) is 1.64. The van der Waals surface area contributed by atoms with E-state index in [0.717, 1.165) is 6.20 Å². The molecule has 0 spiro atoms. The Bertz CT molecular complexity index is 544. The molecule has 0 atom stereocenters. The Morgan fingerprint density at radius 1 is 1.38 bits per heavy atom. The molecule has 0 saturated carbocycles. The van der Waals surface area contributed by atoms with Crippen molar-refractivity contribution in [2.24, 2.45) is 0 Å². The van der Waals surface area contributed by atoms with Crippen LogP contribution in [0.4, 0.5) is 0 Å². The average Bonchev–Trinajstić information content (AvgIpc) is 2.45. The lowest BCUT2D eigenvalue weighted by Gasteiger charge is -2.04. The highest BCUT2D eigenvalue weighted by atomic mass is 32.2. The summed E-state index contributed by atoms with van der Waals surface area (Å²) in [5.41, 5.74) is 0.442. The van der Waals surface area contributed by atoms with Crippen LogP contribution < -0.4 is 0 Å². The van der Waals surface area contributed by atoms with E-state index < -0.39 is 10.1 Å². The maximum Gasteiger partial charge on any atom is 0.146 e. The van der Waals surface area contributed by atoms with Gasteiger partial charge >= 0.3 is 0 Å². The van der Waals surface area contributed by atoms with Crippen LogP contribution in [-0.2, 0) is 10.1 Å². The van der Waals surface area contributed by atoms with Crippen molar-refractivity contribution in [3.8, 4) is 0 Å². The molecule has 0 saturated heterocycles. The van der Waals surface area contributed by atoms with Crippen molar-refractivity contribution in [1.29, 1.82) is 0 Å². The van der Waals surface area contributed by atoms with E-state index in [1.807, 2.05) is 0 Å². The van der Waals surface area contributed by atoms with Crippen LogP contribution in [-0.4, -0.2) is 22.4 Å². The summed E-state index contributed by atoms with van der Waals surface area (Å²) in [5.74, 6) is 0. The van der Waals surface area contributed by atoms with Gasteiger partial charge in [-0.05, 0) is 12.1 Å². The summed E-state index contributed by atoms with van der Waals surface area (Å²) >= 11 is 0. The number of pyridine rings is 1. The fraction of sp³-hybridized carbons (Fsp3) is 0. The Hall–Kier alpha value is -1.40. The number of hydrogen-bond acceptors (Lipinski definition) is 4. The molecule has 0 fully saturated rings. The molecule has 13 heavy (non-hydrogen) atoms. The molecule has 0 aliphatic heterocycles. The summed E-state index contributed by atoms with van der Waals surface area (Å²) in [7, 11) is -4.44. The fourth-order valence-corrected chi connectivity index (χ4v) is 1.67. The molecule has 0 radical (unpaired) electrons. The minimum Gasteiger partial charge on any atom is -0.743 e. The maximum absolute atomic E-state index is 10.7. The van der Waals surface area contributed by atoms with Gasteiger partial charge in [0.25, 0.3) is 0 Å². The molecule has 0 N–H and O–H groups in total. The minimum absolute atomic E-state index is 0.330. The number of aromatic nitrogens is 2. The third kappa shape index (κ3) is 1.30. The first-order chi connectivity index (χ1) is 6.09. The predicted molar refractivity (Wildman–Crippen MR) is 43.2 cm³/mol. The van der Waals surface area contributed by atoms with Crippen molar-refractivity contribution in [3.63, 3.8) is 0 Å². The lowest BCUT2D eigenvalue weighted by Crippen LogP contribution is -2.02. The Kier molecular flexibility index (Phi) is 1.61. The van der Waals surface area contributed by atoms with E-state index in [2.05, 4.69) is 4.98 Å². The molecule has 5 nitrogen and oxygen atoms in total. The summed E-state index contributed by atoms with van der Waals surface area (Å²) in [6.45, 7) is 0. The van der Waals surface area contributed by atoms with Crippen molar-refractivity contribution >= 4 is 15.8 Å². The lowest BCUT2D eigenvalue weighted by atomic mass is 10.5. The predicted octanol–water partition coefficient (Wildman–Crippen LogP) is 0.238. The van der Waals surface area contributed by atoms with Gasteiger partial charge in [-0.25, -0.2) is 13.4 Å². The first-order valence-corrected chi connectivity index (χ1v) is 4.88. The topological polar surface area (TPSA) is 74.5 Å². The lowest BCUT2D eigenvalue weighted by molar-refractivity contribution is 0.458. The summed E-state index contributed by atoms with van der Waals surface area (Å²) in [6, 6.07) is 4.96. The van der Waals surface area contributed by atoms with Gasteiger partial charge in [0.05, 0.1) is 6.20 Å². The molecule has 0 amide bonds. The molecule has 0 aromatic carbocycles. The highest BCUT2D eigenvalue weighted by Crippen LogP contribution is 2.10. The molecular formula is C7H5N2O3S-. The first-order valence-electron chi connectivity index (χ1n) is 3.47. The van der Waals surface area contributed by atoms with Gasteiger partial charge < -0.3 is 4.55 Å². The van der Waals surface area contributed by atoms with E-state index in [1.165, 1.54) is 10.6 Å². The zero-order valence-corrected chi connectivity index (χ0v) is 7.23. The van der Waals surface area contributed by atoms with Crippen molar-refractivity contribution < 1.29 is 13.0 Å². The van der Waals surface area contributed by atoms with E-state index in [9.17, 15) is 13.0 Å². The van der Waals surface area contributed by atoms with Crippen LogP contribution in [0, 0.1) is 0 Å². The molecular weight excluding hydrogens is 192 g/mol. The van der Waals surface area contributed by atoms with Crippen LogP contribution in [0.2, 0.25) is 0 Å². The van der Waals surface area contributed by atoms with E-state index >= 15 is 0 Å². The normalized spacial score (nSPS) is 12.1. The molecule has 2 aromatic rings. The van der Waals surface area contributed by atoms with Crippen LogP contribution in [0.5, 0.6) is 0 Å². The highest BCUT2D eigenvalue weighted by Gasteiger charge is 2.07. The van der Waals surface area contributed by atoms with Crippen LogP contribution in [0.3, 0.4) is 0 Å². The van der Waals surface area contributed by atoms with E-state index in [0.29, 0.717) is 5.65 Å². The number of imidazole rings is 1. The van der Waals surface area contributed by atoms with Crippen LogP contribution in [0.15, 0.2) is 35.6 Å². The Labute approximate surface area is 74.4 Å². The molecule has 0 aliphatic carbocycles. The number of rotatable bonds is 1. The Morgan fingerprint density at radius 3 is 2.85 bits per heavy atom. The summed E-state index contributed by atoms with van der Waals surface area (Å²) in [6.07, 6.45) is 2.53. The van der Waals surface area contributed by atoms with Gasteiger partial charge in [0.15, 0.2) is 0 Å². The van der Waals surface area contributed by atoms with Gasteiger partial charge in [-0.1, -0.05) is 6.07 Å². The van der Waals surface area contributed by atoms with E-state index in [-0.39, 0.29) is 5.03 Å². The second-order valence-electron chi connectivity index (χ2n) is 2.48. The molecule has 68 valence electrons. The number of hydrogen-bond donors (Lipinski definition) is 0. The molecule has 0 aliphatic rings. The maximum atomic E-state index is 10.7. The van der Waals surface area contributed by atoms with E-state index in [1.54, 1.807) is 18.2 Å². The Morgan fingerprint density at radius 2 is 2.15 bits per heavy atom. The van der Waals surface area contributed by atoms with Crippen LogP contribution in [0.1, 0.15) is 0 Å². The highest BCUT2D eigenvalue weighted by molar-refractivity contribution is 7.85. The molecule has 6 heteroatoms. The minimum atomic E-state index is -4.44. The SMILES string of the molecule is O=S(=O)([O-])c1cnc2ccccn12. The number of fused-ring (bicyclic) bond motifs is 1. The molecule has 2 heterocycles. The largest absolute Gasteiger partial charge is 0.743 e. The van der Waals surface area contributed by atoms with Gasteiger partial charge in [0.2, 0.25) is 0 Å². The average molecular weight is 197 g/mol. The van der Waals surface area contributed by atoms with Gasteiger partial charge in [0, 0.05) is 6.20 Å². The monoisotopic (exact) mass is 197 g/mol. The molecule has 0 bridgehead atoms. The smallest absolute Gasteiger partial charge is 0.146 e. The summed E-state index contributed by atoms with van der Waals surface area (Å²) < 4.78 is 33.3. The van der Waals surface area contributed by atoms with Gasteiger partial charge in [0.1, 0.15) is 20.8 Å². The second-order valence-corrected chi connectivity index (χ2v) is 3.81. The van der Waals surface area contributed by atoms with E-state index in [4.69, 9.17) is 0 Å². The fourth-order valence-electron chi connectivity index (χ4n) is 1.09. The molecule has 2 aromatic heterocycles. The summed E-state index contributed by atoms with van der Waals surface area (Å²) in [4.78, 5) is 3.77. The number of nitrogens with zero attached hydrogens (tertiary/aromatic N) is 2. The zero-order chi connectivity index (χ0) is 9.47. The van der Waals surface area contributed by atoms with Crippen molar-refractivity contribution in [3.05, 3.63) is 30.6 Å². The second kappa shape index (κ2) is 2.54.